The Morgan fingerprint density at radius 1 is 1.39 bits per heavy atom. The minimum Gasteiger partial charge on any atom is -0.372 e. The quantitative estimate of drug-likeness (QED) is 0.866. The first-order chi connectivity index (χ1) is 8.69. The smallest absolute Gasteiger partial charge is 0.271 e. The van der Waals surface area contributed by atoms with E-state index >= 15 is 0 Å². The zero-order valence-electron chi connectivity index (χ0n) is 10.1. The molecule has 1 amide bonds. The number of nitrogens with one attached hydrogen (secondary N) is 2. The number of aryl methyl sites for hydroxylation is 1. The SMILES string of the molecule is CNc1cnc(C(=O)NCc2nc(C)cs2)cn1. The Bertz CT molecular complexity index is 537. The van der Waals surface area contributed by atoms with Crippen LogP contribution in [0.4, 0.5) is 5.82 Å². The van der Waals surface area contributed by atoms with Gasteiger partial charge in [-0.3, -0.25) is 4.79 Å². The van der Waals surface area contributed by atoms with Crippen molar-refractivity contribution in [3.8, 4) is 0 Å². The maximum atomic E-state index is 11.8. The van der Waals surface area contributed by atoms with Gasteiger partial charge in [0, 0.05) is 18.1 Å². The largest absolute Gasteiger partial charge is 0.372 e. The number of carbonyl (C=O) groups excluding carboxylic acids is 1. The van der Waals surface area contributed by atoms with Gasteiger partial charge in [-0.05, 0) is 6.92 Å². The molecule has 0 bridgehead atoms. The lowest BCUT2D eigenvalue weighted by Gasteiger charge is -2.03. The number of hydrogen-bond acceptors (Lipinski definition) is 6. The summed E-state index contributed by atoms with van der Waals surface area (Å²) >= 11 is 1.52. The van der Waals surface area contributed by atoms with Gasteiger partial charge >= 0.3 is 0 Å². The molecule has 94 valence electrons. The molecule has 0 fully saturated rings. The topological polar surface area (TPSA) is 79.8 Å². The van der Waals surface area contributed by atoms with Gasteiger partial charge in [-0.2, -0.15) is 0 Å². The molecule has 2 aromatic rings. The number of anilines is 1. The van der Waals surface area contributed by atoms with Gasteiger partial charge < -0.3 is 10.6 Å². The van der Waals surface area contributed by atoms with Gasteiger partial charge in [0.25, 0.3) is 5.91 Å². The summed E-state index contributed by atoms with van der Waals surface area (Å²) in [5.41, 5.74) is 1.25. The molecular weight excluding hydrogens is 250 g/mol. The number of amides is 1. The molecule has 0 aliphatic rings. The van der Waals surface area contributed by atoms with Crippen LogP contribution < -0.4 is 10.6 Å². The van der Waals surface area contributed by atoms with Crippen molar-refractivity contribution in [1.82, 2.24) is 20.3 Å². The molecule has 0 aromatic carbocycles. The second-order valence-electron chi connectivity index (χ2n) is 3.60. The summed E-state index contributed by atoms with van der Waals surface area (Å²) in [5.74, 6) is 0.375. The average Bonchev–Trinajstić information content (AvgIpc) is 2.82. The maximum absolute atomic E-state index is 11.8. The van der Waals surface area contributed by atoms with E-state index in [1.54, 1.807) is 7.05 Å². The third-order valence-electron chi connectivity index (χ3n) is 2.21. The van der Waals surface area contributed by atoms with Crippen LogP contribution in [0, 0.1) is 6.92 Å². The van der Waals surface area contributed by atoms with Gasteiger partial charge in [0.05, 0.1) is 18.9 Å². The fourth-order valence-electron chi connectivity index (χ4n) is 1.30. The van der Waals surface area contributed by atoms with Crippen LogP contribution in [0.3, 0.4) is 0 Å². The third kappa shape index (κ3) is 3.01. The molecule has 2 aromatic heterocycles. The van der Waals surface area contributed by atoms with E-state index in [1.165, 1.54) is 23.7 Å². The van der Waals surface area contributed by atoms with Gasteiger partial charge in [0.2, 0.25) is 0 Å². The fraction of sp³-hybridized carbons (Fsp3) is 0.273. The highest BCUT2D eigenvalue weighted by atomic mass is 32.1. The summed E-state index contributed by atoms with van der Waals surface area (Å²) in [6, 6.07) is 0. The van der Waals surface area contributed by atoms with Gasteiger partial charge in [-0.1, -0.05) is 0 Å². The summed E-state index contributed by atoms with van der Waals surface area (Å²) < 4.78 is 0. The van der Waals surface area contributed by atoms with E-state index in [-0.39, 0.29) is 5.91 Å². The summed E-state index contributed by atoms with van der Waals surface area (Å²) in [5, 5.41) is 8.42. The molecular formula is C11H13N5OS. The first kappa shape index (κ1) is 12.4. The van der Waals surface area contributed by atoms with Crippen LogP contribution in [0.1, 0.15) is 21.2 Å². The predicted octanol–water partition coefficient (Wildman–Crippen LogP) is 1.21. The maximum Gasteiger partial charge on any atom is 0.271 e. The molecule has 0 unspecified atom stereocenters. The van der Waals surface area contributed by atoms with E-state index < -0.39 is 0 Å². The number of thiazole rings is 1. The van der Waals surface area contributed by atoms with E-state index in [1.807, 2.05) is 12.3 Å². The van der Waals surface area contributed by atoms with Crippen LogP contribution >= 0.6 is 11.3 Å². The number of nitrogens with zero attached hydrogens (tertiary/aromatic N) is 3. The average molecular weight is 263 g/mol. The van der Waals surface area contributed by atoms with E-state index in [4.69, 9.17) is 0 Å². The minimum absolute atomic E-state index is 0.252. The minimum atomic E-state index is -0.252. The highest BCUT2D eigenvalue weighted by molar-refractivity contribution is 7.09. The van der Waals surface area contributed by atoms with Gasteiger partial charge in [0.1, 0.15) is 16.5 Å². The molecule has 0 atom stereocenters. The zero-order chi connectivity index (χ0) is 13.0. The molecule has 2 rings (SSSR count). The monoisotopic (exact) mass is 263 g/mol. The third-order valence-corrected chi connectivity index (χ3v) is 3.17. The molecule has 0 aliphatic heterocycles. The van der Waals surface area contributed by atoms with Crippen LogP contribution in [0.25, 0.3) is 0 Å². The number of hydrogen-bond donors (Lipinski definition) is 2. The Labute approximate surface area is 109 Å². The predicted molar refractivity (Wildman–Crippen MR) is 69.6 cm³/mol. The molecule has 6 nitrogen and oxygen atoms in total. The Balaban J connectivity index is 1.94. The molecule has 18 heavy (non-hydrogen) atoms. The lowest BCUT2D eigenvalue weighted by Crippen LogP contribution is -2.24. The van der Waals surface area contributed by atoms with Crippen LogP contribution in [-0.2, 0) is 6.54 Å². The van der Waals surface area contributed by atoms with Crippen LogP contribution in [0.2, 0.25) is 0 Å². The Hall–Kier alpha value is -2.02. The number of rotatable bonds is 4. The normalized spacial score (nSPS) is 10.1. The number of aromatic nitrogens is 3. The standard InChI is InChI=1S/C11H13N5OS/c1-7-6-18-10(16-7)5-15-11(17)8-3-14-9(12-2)4-13-8/h3-4,6H,5H2,1-2H3,(H,12,14)(H,15,17). The fourth-order valence-corrected chi connectivity index (χ4v) is 2.02. The van der Waals surface area contributed by atoms with Crippen molar-refractivity contribution < 1.29 is 4.79 Å². The van der Waals surface area contributed by atoms with Crippen molar-refractivity contribution in [3.63, 3.8) is 0 Å². The Morgan fingerprint density at radius 3 is 2.78 bits per heavy atom. The van der Waals surface area contributed by atoms with E-state index in [9.17, 15) is 4.79 Å². The molecule has 0 spiro atoms. The van der Waals surface area contributed by atoms with Gasteiger partial charge in [-0.25, -0.2) is 15.0 Å². The Kier molecular flexibility index (Phi) is 3.83. The highest BCUT2D eigenvalue weighted by Gasteiger charge is 2.08. The van der Waals surface area contributed by atoms with Gasteiger partial charge in [0.15, 0.2) is 0 Å². The van der Waals surface area contributed by atoms with Crippen molar-refractivity contribution in [2.75, 3.05) is 12.4 Å². The molecule has 2 N–H and O–H groups in total. The van der Waals surface area contributed by atoms with Crippen LogP contribution in [-0.4, -0.2) is 27.9 Å². The number of carbonyl (C=O) groups is 1. The first-order valence-electron chi connectivity index (χ1n) is 5.38. The molecule has 0 saturated heterocycles. The Morgan fingerprint density at radius 2 is 2.22 bits per heavy atom. The molecule has 2 heterocycles. The van der Waals surface area contributed by atoms with Crippen molar-refractivity contribution in [2.24, 2.45) is 0 Å². The molecule has 7 heteroatoms. The summed E-state index contributed by atoms with van der Waals surface area (Å²) in [4.78, 5) is 24.1. The zero-order valence-corrected chi connectivity index (χ0v) is 10.9. The van der Waals surface area contributed by atoms with E-state index in [0.717, 1.165) is 10.7 Å². The van der Waals surface area contributed by atoms with Gasteiger partial charge in [-0.15, -0.1) is 11.3 Å². The molecule has 0 radical (unpaired) electrons. The van der Waals surface area contributed by atoms with Crippen molar-refractivity contribution >= 4 is 23.1 Å². The summed E-state index contributed by atoms with van der Waals surface area (Å²) in [7, 11) is 1.74. The van der Waals surface area contributed by atoms with Crippen LogP contribution in [0.15, 0.2) is 17.8 Å². The van der Waals surface area contributed by atoms with E-state index in [2.05, 4.69) is 25.6 Å². The van der Waals surface area contributed by atoms with Crippen molar-refractivity contribution in [1.29, 1.82) is 0 Å². The first-order valence-corrected chi connectivity index (χ1v) is 6.26. The van der Waals surface area contributed by atoms with Crippen molar-refractivity contribution in [2.45, 2.75) is 13.5 Å². The highest BCUT2D eigenvalue weighted by Crippen LogP contribution is 2.08. The summed E-state index contributed by atoms with van der Waals surface area (Å²) in [6.45, 7) is 2.33. The second kappa shape index (κ2) is 5.54. The molecule has 0 aliphatic carbocycles. The summed E-state index contributed by atoms with van der Waals surface area (Å²) in [6.07, 6.45) is 2.96. The van der Waals surface area contributed by atoms with Crippen molar-refractivity contribution in [3.05, 3.63) is 34.2 Å². The lowest BCUT2D eigenvalue weighted by atomic mass is 10.4. The molecule has 0 saturated carbocycles. The van der Waals surface area contributed by atoms with Crippen LogP contribution in [0.5, 0.6) is 0 Å². The van der Waals surface area contributed by atoms with E-state index in [0.29, 0.717) is 18.1 Å². The second-order valence-corrected chi connectivity index (χ2v) is 4.54. The lowest BCUT2D eigenvalue weighted by molar-refractivity contribution is 0.0945.